The molecule has 0 aromatic carbocycles. The summed E-state index contributed by atoms with van der Waals surface area (Å²) in [5, 5.41) is 0. The van der Waals surface area contributed by atoms with Crippen molar-refractivity contribution in [2.75, 3.05) is 6.26 Å². The molecule has 0 bridgehead atoms. The average molecular weight is 191 g/mol. The van der Waals surface area contributed by atoms with Crippen LogP contribution in [0.1, 0.15) is 32.6 Å². The molecule has 1 fully saturated rings. The van der Waals surface area contributed by atoms with Gasteiger partial charge in [0.2, 0.25) is 10.0 Å². The van der Waals surface area contributed by atoms with Crippen LogP contribution in [0, 0.1) is 5.92 Å². The molecule has 0 aromatic heterocycles. The first-order valence-corrected chi connectivity index (χ1v) is 6.35. The third-order valence-corrected chi connectivity index (χ3v) is 3.31. The lowest BCUT2D eigenvalue weighted by atomic mass is 10.0. The Kier molecular flexibility index (Phi) is 3.12. The summed E-state index contributed by atoms with van der Waals surface area (Å²) >= 11 is 0. The highest BCUT2D eigenvalue weighted by atomic mass is 32.2. The molecule has 0 saturated heterocycles. The van der Waals surface area contributed by atoms with Gasteiger partial charge in [-0.3, -0.25) is 0 Å². The Morgan fingerprint density at radius 1 is 1.33 bits per heavy atom. The second kappa shape index (κ2) is 3.75. The number of nitrogens with one attached hydrogen (secondary N) is 1. The van der Waals surface area contributed by atoms with E-state index in [0.717, 1.165) is 0 Å². The lowest BCUT2D eigenvalue weighted by Gasteiger charge is -2.18. The Morgan fingerprint density at radius 3 is 2.25 bits per heavy atom. The molecule has 1 aliphatic carbocycles. The van der Waals surface area contributed by atoms with E-state index in [4.69, 9.17) is 0 Å². The van der Waals surface area contributed by atoms with Crippen molar-refractivity contribution in [3.8, 4) is 0 Å². The van der Waals surface area contributed by atoms with Crippen molar-refractivity contribution in [3.05, 3.63) is 0 Å². The monoisotopic (exact) mass is 191 g/mol. The molecule has 3 nitrogen and oxygen atoms in total. The lowest BCUT2D eigenvalue weighted by molar-refractivity contribution is 0.425. The highest BCUT2D eigenvalue weighted by molar-refractivity contribution is 7.88. The van der Waals surface area contributed by atoms with Crippen LogP contribution < -0.4 is 4.72 Å². The molecule has 0 spiro atoms. The summed E-state index contributed by atoms with van der Waals surface area (Å²) in [5.41, 5.74) is 0. The van der Waals surface area contributed by atoms with Gasteiger partial charge in [-0.05, 0) is 25.7 Å². The number of hydrogen-bond donors (Lipinski definition) is 1. The molecule has 1 aliphatic rings. The van der Waals surface area contributed by atoms with Crippen LogP contribution in [0.25, 0.3) is 0 Å². The van der Waals surface area contributed by atoms with Crippen molar-refractivity contribution in [1.82, 2.24) is 4.72 Å². The number of rotatable bonds is 3. The molecule has 0 radical (unpaired) electrons. The van der Waals surface area contributed by atoms with E-state index < -0.39 is 10.0 Å². The predicted molar refractivity (Wildman–Crippen MR) is 49.4 cm³/mol. The second-order valence-corrected chi connectivity index (χ2v) is 5.50. The van der Waals surface area contributed by atoms with Crippen molar-refractivity contribution in [1.29, 1.82) is 0 Å². The van der Waals surface area contributed by atoms with E-state index in [1.165, 1.54) is 31.9 Å². The first kappa shape index (κ1) is 9.99. The van der Waals surface area contributed by atoms with Crippen LogP contribution in [-0.2, 0) is 10.0 Å². The van der Waals surface area contributed by atoms with Gasteiger partial charge in [-0.1, -0.05) is 12.8 Å². The molecule has 0 aromatic rings. The third kappa shape index (κ3) is 3.11. The maximum atomic E-state index is 10.9. The Balaban J connectivity index is 2.42. The minimum atomic E-state index is -3.01. The fourth-order valence-corrected chi connectivity index (χ4v) is 2.76. The van der Waals surface area contributed by atoms with Crippen molar-refractivity contribution < 1.29 is 8.42 Å². The van der Waals surface area contributed by atoms with E-state index >= 15 is 0 Å². The van der Waals surface area contributed by atoms with Gasteiger partial charge < -0.3 is 0 Å². The molecule has 4 heteroatoms. The van der Waals surface area contributed by atoms with Gasteiger partial charge in [0, 0.05) is 6.04 Å². The van der Waals surface area contributed by atoms with Crippen LogP contribution in [0.3, 0.4) is 0 Å². The van der Waals surface area contributed by atoms with Gasteiger partial charge in [-0.15, -0.1) is 0 Å². The highest BCUT2D eigenvalue weighted by Crippen LogP contribution is 2.27. The summed E-state index contributed by atoms with van der Waals surface area (Å²) in [7, 11) is -3.01. The summed E-state index contributed by atoms with van der Waals surface area (Å²) in [6.07, 6.45) is 6.06. The van der Waals surface area contributed by atoms with Crippen LogP contribution in [-0.4, -0.2) is 20.7 Å². The van der Waals surface area contributed by atoms with Gasteiger partial charge in [0.05, 0.1) is 6.26 Å². The molecular weight excluding hydrogens is 174 g/mol. The Morgan fingerprint density at radius 2 is 1.83 bits per heavy atom. The minimum Gasteiger partial charge on any atom is -0.213 e. The summed E-state index contributed by atoms with van der Waals surface area (Å²) < 4.78 is 24.4. The van der Waals surface area contributed by atoms with Crippen LogP contribution in [0.5, 0.6) is 0 Å². The summed E-state index contributed by atoms with van der Waals surface area (Å²) in [6.45, 7) is 1.96. The van der Waals surface area contributed by atoms with Crippen LogP contribution in [0.15, 0.2) is 0 Å². The molecular formula is C8H17NO2S. The molecule has 0 heterocycles. The Labute approximate surface area is 74.6 Å². The average Bonchev–Trinajstić information content (AvgIpc) is 2.32. The van der Waals surface area contributed by atoms with Gasteiger partial charge in [0.15, 0.2) is 0 Å². The number of hydrogen-bond acceptors (Lipinski definition) is 2. The fourth-order valence-electron chi connectivity index (χ4n) is 1.89. The highest BCUT2D eigenvalue weighted by Gasteiger charge is 2.23. The minimum absolute atomic E-state index is 0.113. The normalized spacial score (nSPS) is 22.8. The van der Waals surface area contributed by atoms with Crippen molar-refractivity contribution in [2.24, 2.45) is 5.92 Å². The first-order chi connectivity index (χ1) is 5.49. The van der Waals surface area contributed by atoms with Crippen molar-refractivity contribution in [3.63, 3.8) is 0 Å². The van der Waals surface area contributed by atoms with Gasteiger partial charge in [0.25, 0.3) is 0 Å². The topological polar surface area (TPSA) is 46.2 Å². The van der Waals surface area contributed by atoms with E-state index in [1.807, 2.05) is 6.92 Å². The standard InChI is InChI=1S/C8H17NO2S/c1-7(9-12(2,10)11)8-5-3-4-6-8/h7-9H,3-6H2,1-2H3. The van der Waals surface area contributed by atoms with Gasteiger partial charge >= 0.3 is 0 Å². The lowest BCUT2D eigenvalue weighted by Crippen LogP contribution is -2.36. The SMILES string of the molecule is CC(NS(C)(=O)=O)C1CCCC1. The molecule has 1 unspecified atom stereocenters. The largest absolute Gasteiger partial charge is 0.213 e. The smallest absolute Gasteiger partial charge is 0.208 e. The Hall–Kier alpha value is -0.0900. The predicted octanol–water partition coefficient (Wildman–Crippen LogP) is 1.11. The molecule has 1 atom stereocenters. The zero-order chi connectivity index (χ0) is 9.19. The zero-order valence-corrected chi connectivity index (χ0v) is 8.52. The first-order valence-electron chi connectivity index (χ1n) is 4.46. The molecule has 72 valence electrons. The van der Waals surface area contributed by atoms with Crippen molar-refractivity contribution >= 4 is 10.0 Å². The molecule has 12 heavy (non-hydrogen) atoms. The second-order valence-electron chi connectivity index (χ2n) is 3.72. The van der Waals surface area contributed by atoms with Gasteiger partial charge in [0.1, 0.15) is 0 Å². The van der Waals surface area contributed by atoms with Crippen LogP contribution >= 0.6 is 0 Å². The van der Waals surface area contributed by atoms with Gasteiger partial charge in [-0.25, -0.2) is 13.1 Å². The molecule has 0 aliphatic heterocycles. The maximum absolute atomic E-state index is 10.9. The molecule has 1 saturated carbocycles. The molecule has 0 amide bonds. The van der Waals surface area contributed by atoms with E-state index in [2.05, 4.69) is 4.72 Å². The Bertz CT molecular complexity index is 229. The van der Waals surface area contributed by atoms with E-state index in [-0.39, 0.29) is 6.04 Å². The van der Waals surface area contributed by atoms with E-state index in [9.17, 15) is 8.42 Å². The third-order valence-electron chi connectivity index (χ3n) is 2.51. The van der Waals surface area contributed by atoms with Gasteiger partial charge in [-0.2, -0.15) is 0 Å². The van der Waals surface area contributed by atoms with Crippen LogP contribution in [0.4, 0.5) is 0 Å². The molecule has 1 N–H and O–H groups in total. The maximum Gasteiger partial charge on any atom is 0.208 e. The zero-order valence-electron chi connectivity index (χ0n) is 7.71. The van der Waals surface area contributed by atoms with E-state index in [1.54, 1.807) is 0 Å². The fraction of sp³-hybridized carbons (Fsp3) is 1.00. The quantitative estimate of drug-likeness (QED) is 0.726. The van der Waals surface area contributed by atoms with Crippen molar-refractivity contribution in [2.45, 2.75) is 38.6 Å². The summed E-state index contributed by atoms with van der Waals surface area (Å²) in [6, 6.07) is 0.113. The summed E-state index contributed by atoms with van der Waals surface area (Å²) in [5.74, 6) is 0.555. The summed E-state index contributed by atoms with van der Waals surface area (Å²) in [4.78, 5) is 0. The van der Waals surface area contributed by atoms with E-state index in [0.29, 0.717) is 5.92 Å². The number of sulfonamides is 1. The molecule has 1 rings (SSSR count). The van der Waals surface area contributed by atoms with Crippen LogP contribution in [0.2, 0.25) is 0 Å².